The van der Waals surface area contributed by atoms with Gasteiger partial charge in [0.2, 0.25) is 5.91 Å². The Morgan fingerprint density at radius 1 is 1.24 bits per heavy atom. The Morgan fingerprint density at radius 3 is 2.92 bits per heavy atom. The molecule has 4 heterocycles. The molecule has 5 aliphatic rings. The van der Waals surface area contributed by atoms with Crippen LogP contribution in [-0.2, 0) is 14.9 Å². The molecule has 0 N–H and O–H groups in total. The van der Waals surface area contributed by atoms with Crippen LogP contribution in [0.5, 0.6) is 0 Å². The van der Waals surface area contributed by atoms with Gasteiger partial charge in [-0.25, -0.2) is 0 Å². The number of anilines is 1. The van der Waals surface area contributed by atoms with E-state index in [1.165, 1.54) is 37.2 Å². The van der Waals surface area contributed by atoms with E-state index in [4.69, 9.17) is 4.74 Å². The molecular formula is C21H26N2O2. The van der Waals surface area contributed by atoms with Crippen molar-refractivity contribution in [1.29, 1.82) is 0 Å². The van der Waals surface area contributed by atoms with Gasteiger partial charge in [-0.05, 0) is 43.9 Å². The van der Waals surface area contributed by atoms with Crippen LogP contribution in [0.4, 0.5) is 5.69 Å². The number of piperidine rings is 1. The average molecular weight is 338 g/mol. The Morgan fingerprint density at radius 2 is 2.08 bits per heavy atom. The van der Waals surface area contributed by atoms with Crippen LogP contribution in [0.2, 0.25) is 0 Å². The normalized spacial score (nSPS) is 46.7. The lowest BCUT2D eigenvalue weighted by Crippen LogP contribution is -2.69. The minimum absolute atomic E-state index is 0.123. The van der Waals surface area contributed by atoms with Crippen molar-refractivity contribution in [3.05, 3.63) is 29.8 Å². The van der Waals surface area contributed by atoms with Gasteiger partial charge in [0.25, 0.3) is 0 Å². The summed E-state index contributed by atoms with van der Waals surface area (Å²) in [5, 5.41) is 0. The highest BCUT2D eigenvalue weighted by Crippen LogP contribution is 2.64. The Balaban J connectivity index is 1.60. The third-order valence-electron chi connectivity index (χ3n) is 8.26. The minimum atomic E-state index is 0.123. The van der Waals surface area contributed by atoms with Crippen molar-refractivity contribution in [3.63, 3.8) is 0 Å². The van der Waals surface area contributed by atoms with Gasteiger partial charge in [0, 0.05) is 42.4 Å². The summed E-state index contributed by atoms with van der Waals surface area (Å²) in [4.78, 5) is 17.6. The van der Waals surface area contributed by atoms with Gasteiger partial charge in [-0.15, -0.1) is 0 Å². The van der Waals surface area contributed by atoms with Crippen molar-refractivity contribution in [1.82, 2.24) is 4.90 Å². The first-order valence-corrected chi connectivity index (χ1v) is 9.88. The zero-order valence-corrected chi connectivity index (χ0v) is 15.0. The van der Waals surface area contributed by atoms with E-state index in [1.807, 2.05) is 0 Å². The van der Waals surface area contributed by atoms with Gasteiger partial charge in [-0.2, -0.15) is 0 Å². The second kappa shape index (κ2) is 4.66. The molecule has 1 aromatic rings. The Labute approximate surface area is 149 Å². The molecule has 4 nitrogen and oxygen atoms in total. The first kappa shape index (κ1) is 14.7. The molecular weight excluding hydrogens is 312 g/mol. The molecule has 25 heavy (non-hydrogen) atoms. The molecule has 2 bridgehead atoms. The van der Waals surface area contributed by atoms with Crippen molar-refractivity contribution >= 4 is 11.6 Å². The number of carbonyl (C=O) groups is 1. The lowest BCUT2D eigenvalue weighted by atomic mass is 9.53. The molecule has 4 heteroatoms. The van der Waals surface area contributed by atoms with Crippen molar-refractivity contribution in [2.75, 3.05) is 24.6 Å². The third-order valence-corrected chi connectivity index (χ3v) is 8.26. The van der Waals surface area contributed by atoms with Crippen molar-refractivity contribution in [2.45, 2.75) is 50.3 Å². The summed E-state index contributed by atoms with van der Waals surface area (Å²) in [5.41, 5.74) is 2.72. The standard InChI is InChI=1S/C21H26N2O2/c1-12-15-10-22-8-7-21-17-5-3-4-6-18(17)23(13(2)24)20(21)16(11-25-12)14(15)9-19(21)22/h3-6,12,14-16,19-20H,7-11H2,1-2H3/t12-,14+,15+,16-,19+,20+,21-/m1/s1. The third kappa shape index (κ3) is 1.55. The molecule has 6 rings (SSSR count). The maximum atomic E-state index is 12.8. The molecule has 1 spiro atoms. The Kier molecular flexibility index (Phi) is 2.75. The number of rotatable bonds is 0. The quantitative estimate of drug-likeness (QED) is 0.728. The van der Waals surface area contributed by atoms with E-state index >= 15 is 0 Å². The SMILES string of the molecule is CC(=O)N1c2ccccc2[C@]23CCN4C[C@@H]5[C@H](C[C@H]42)[C@@H](CO[C@@H]5C)[C@H]13. The summed E-state index contributed by atoms with van der Waals surface area (Å²) in [6, 6.07) is 9.60. The van der Waals surface area contributed by atoms with E-state index < -0.39 is 0 Å². The second-order valence-electron chi connectivity index (χ2n) is 8.92. The number of nitrogens with zero attached hydrogens (tertiary/aromatic N) is 2. The van der Waals surface area contributed by atoms with Gasteiger partial charge in [-0.1, -0.05) is 18.2 Å². The number of para-hydroxylation sites is 1. The van der Waals surface area contributed by atoms with Gasteiger partial charge in [0.1, 0.15) is 0 Å². The first-order chi connectivity index (χ1) is 12.1. The zero-order chi connectivity index (χ0) is 16.9. The molecule has 0 aromatic heterocycles. The number of fused-ring (bicyclic) bond motifs is 2. The number of amides is 1. The zero-order valence-electron chi connectivity index (χ0n) is 15.0. The van der Waals surface area contributed by atoms with E-state index in [9.17, 15) is 4.79 Å². The van der Waals surface area contributed by atoms with Crippen LogP contribution in [0, 0.1) is 17.8 Å². The van der Waals surface area contributed by atoms with Crippen LogP contribution < -0.4 is 4.90 Å². The fraction of sp³-hybridized carbons (Fsp3) is 0.667. The average Bonchev–Trinajstić information content (AvgIpc) is 3.14. The van der Waals surface area contributed by atoms with Gasteiger partial charge in [0.15, 0.2) is 0 Å². The lowest BCUT2D eigenvalue weighted by Gasteiger charge is -2.60. The van der Waals surface area contributed by atoms with Gasteiger partial charge >= 0.3 is 0 Å². The summed E-state index contributed by atoms with van der Waals surface area (Å²) >= 11 is 0. The van der Waals surface area contributed by atoms with E-state index in [2.05, 4.69) is 41.0 Å². The Bertz CT molecular complexity index is 764. The lowest BCUT2D eigenvalue weighted by molar-refractivity contribution is -0.153. The summed E-state index contributed by atoms with van der Waals surface area (Å²) < 4.78 is 6.27. The van der Waals surface area contributed by atoms with E-state index in [0.29, 0.717) is 29.9 Å². The smallest absolute Gasteiger partial charge is 0.224 e. The predicted molar refractivity (Wildman–Crippen MR) is 95.5 cm³/mol. The number of carbonyl (C=O) groups excluding carboxylic acids is 1. The molecule has 132 valence electrons. The highest BCUT2D eigenvalue weighted by Gasteiger charge is 2.69. The number of benzene rings is 1. The molecule has 7 atom stereocenters. The summed E-state index contributed by atoms with van der Waals surface area (Å²) in [6.45, 7) is 7.18. The van der Waals surface area contributed by atoms with E-state index in [-0.39, 0.29) is 17.4 Å². The van der Waals surface area contributed by atoms with Crippen LogP contribution in [0.15, 0.2) is 24.3 Å². The summed E-state index contributed by atoms with van der Waals surface area (Å²) in [7, 11) is 0. The minimum Gasteiger partial charge on any atom is -0.378 e. The molecule has 1 amide bonds. The predicted octanol–water partition coefficient (Wildman–Crippen LogP) is 2.42. The monoisotopic (exact) mass is 338 g/mol. The Hall–Kier alpha value is -1.39. The van der Waals surface area contributed by atoms with Gasteiger partial charge in [-0.3, -0.25) is 9.69 Å². The molecule has 0 unspecified atom stereocenters. The molecule has 1 saturated carbocycles. The molecule has 0 radical (unpaired) electrons. The van der Waals surface area contributed by atoms with Gasteiger partial charge in [0.05, 0.1) is 18.8 Å². The van der Waals surface area contributed by atoms with Crippen LogP contribution in [0.25, 0.3) is 0 Å². The molecule has 4 aliphatic heterocycles. The number of hydrogen-bond acceptors (Lipinski definition) is 3. The number of hydrogen-bond donors (Lipinski definition) is 0. The highest BCUT2D eigenvalue weighted by molar-refractivity contribution is 5.96. The van der Waals surface area contributed by atoms with E-state index in [1.54, 1.807) is 6.92 Å². The molecule has 1 aromatic carbocycles. The first-order valence-electron chi connectivity index (χ1n) is 9.88. The molecule has 4 fully saturated rings. The van der Waals surface area contributed by atoms with Gasteiger partial charge < -0.3 is 9.64 Å². The maximum absolute atomic E-state index is 12.8. The topological polar surface area (TPSA) is 32.8 Å². The largest absolute Gasteiger partial charge is 0.378 e. The fourth-order valence-electron chi connectivity index (χ4n) is 7.43. The maximum Gasteiger partial charge on any atom is 0.224 e. The van der Waals surface area contributed by atoms with Crippen LogP contribution in [0.1, 0.15) is 32.3 Å². The second-order valence-corrected chi connectivity index (χ2v) is 8.92. The van der Waals surface area contributed by atoms with Crippen molar-refractivity contribution in [3.8, 4) is 0 Å². The summed E-state index contributed by atoms with van der Waals surface area (Å²) in [6.07, 6.45) is 2.83. The molecule has 1 aliphatic carbocycles. The van der Waals surface area contributed by atoms with Crippen LogP contribution >= 0.6 is 0 Å². The molecule has 3 saturated heterocycles. The number of ether oxygens (including phenoxy) is 1. The van der Waals surface area contributed by atoms with Crippen molar-refractivity contribution < 1.29 is 9.53 Å². The van der Waals surface area contributed by atoms with Crippen molar-refractivity contribution in [2.24, 2.45) is 17.8 Å². The fourth-order valence-corrected chi connectivity index (χ4v) is 7.43. The van der Waals surface area contributed by atoms with E-state index in [0.717, 1.165) is 6.61 Å². The van der Waals surface area contributed by atoms with Crippen LogP contribution in [0.3, 0.4) is 0 Å². The highest BCUT2D eigenvalue weighted by atomic mass is 16.5. The van der Waals surface area contributed by atoms with Crippen LogP contribution in [-0.4, -0.2) is 48.7 Å². The summed E-state index contributed by atoms with van der Waals surface area (Å²) in [5.74, 6) is 2.01.